The van der Waals surface area contributed by atoms with Crippen molar-refractivity contribution in [2.45, 2.75) is 0 Å². The third kappa shape index (κ3) is 4.23. The molecule has 9 heteroatoms. The molecule has 0 bridgehead atoms. The Balaban J connectivity index is 2.52. The topological polar surface area (TPSA) is 78.7 Å². The van der Waals surface area contributed by atoms with E-state index in [4.69, 9.17) is 9.47 Å². The average molecular weight is 651 g/mol. The maximum absolute atomic E-state index is 11.2. The van der Waals surface area contributed by atoms with Crippen molar-refractivity contribution in [1.82, 2.24) is 0 Å². The molecule has 0 unspecified atom stereocenters. The van der Waals surface area contributed by atoms with Crippen molar-refractivity contribution in [2.24, 2.45) is 0 Å². The van der Waals surface area contributed by atoms with Crippen molar-refractivity contribution in [1.29, 1.82) is 0 Å². The Hall–Kier alpha value is -0.700. The highest BCUT2D eigenvalue weighted by Crippen LogP contribution is 2.39. The minimum atomic E-state index is -0.566. The third-order valence-electron chi connectivity index (χ3n) is 2.77. The number of hydrogen-bond acceptors (Lipinski definition) is 5. The lowest BCUT2D eigenvalue weighted by atomic mass is 10.2. The zero-order valence-corrected chi connectivity index (χ0v) is 18.0. The number of carbonyl (C=O) groups is 1. The molecule has 2 rings (SSSR count). The van der Waals surface area contributed by atoms with E-state index in [1.807, 2.05) is 22.6 Å². The number of nitro groups is 1. The van der Waals surface area contributed by atoms with Gasteiger partial charge in [0.25, 0.3) is 0 Å². The molecule has 0 atom stereocenters. The van der Waals surface area contributed by atoms with Gasteiger partial charge in [-0.2, -0.15) is 0 Å². The fourth-order valence-corrected chi connectivity index (χ4v) is 4.71. The summed E-state index contributed by atoms with van der Waals surface area (Å²) < 4.78 is 13.2. The Labute approximate surface area is 172 Å². The Morgan fingerprint density at radius 1 is 1.04 bits per heavy atom. The van der Waals surface area contributed by atoms with Crippen LogP contribution in [0.25, 0.3) is 0 Å². The molecule has 0 spiro atoms. The van der Waals surface area contributed by atoms with Gasteiger partial charge in [-0.25, -0.2) is 0 Å². The van der Waals surface area contributed by atoms with E-state index in [2.05, 4.69) is 45.2 Å². The zero-order chi connectivity index (χ0) is 17.1. The lowest BCUT2D eigenvalue weighted by Crippen LogP contribution is -1.99. The molecule has 0 saturated heterocycles. The summed E-state index contributed by atoms with van der Waals surface area (Å²) in [5.74, 6) is 1.29. The van der Waals surface area contributed by atoms with Crippen LogP contribution >= 0.6 is 67.8 Å². The van der Waals surface area contributed by atoms with Gasteiger partial charge in [0.2, 0.25) is 5.75 Å². The predicted octanol–water partition coefficient (Wildman–Crippen LogP) is 5.02. The summed E-state index contributed by atoms with van der Waals surface area (Å²) in [5, 5.41) is 11.2. The first-order valence-electron chi connectivity index (χ1n) is 6.01. The maximum Gasteiger partial charge on any atom is 0.313 e. The van der Waals surface area contributed by atoms with E-state index in [1.54, 1.807) is 19.2 Å². The molecule has 23 heavy (non-hydrogen) atoms. The first kappa shape index (κ1) is 18.6. The molecule has 0 aliphatic rings. The molecule has 2 aromatic carbocycles. The van der Waals surface area contributed by atoms with E-state index in [-0.39, 0.29) is 17.0 Å². The summed E-state index contributed by atoms with van der Waals surface area (Å²) in [6.45, 7) is 0. The normalized spacial score (nSPS) is 10.3. The first-order chi connectivity index (χ1) is 10.9. The van der Waals surface area contributed by atoms with Crippen LogP contribution < -0.4 is 9.47 Å². The Bertz CT molecular complexity index is 771. The summed E-state index contributed by atoms with van der Waals surface area (Å²) in [6, 6.07) is 6.20. The third-order valence-corrected chi connectivity index (χ3v) is 5.18. The van der Waals surface area contributed by atoms with Crippen LogP contribution in [0.5, 0.6) is 17.2 Å². The van der Waals surface area contributed by atoms with Crippen molar-refractivity contribution in [3.8, 4) is 17.2 Å². The number of nitrogens with zero attached hydrogens (tertiary/aromatic N) is 1. The van der Waals surface area contributed by atoms with Gasteiger partial charge in [0.15, 0.2) is 0 Å². The summed E-state index contributed by atoms with van der Waals surface area (Å²) >= 11 is 6.12. The number of aldehydes is 1. The summed E-state index contributed by atoms with van der Waals surface area (Å²) in [5.41, 5.74) is -0.0211. The van der Waals surface area contributed by atoms with Crippen molar-refractivity contribution in [2.75, 3.05) is 7.11 Å². The number of carbonyl (C=O) groups excluding carboxylic acids is 1. The highest BCUT2D eigenvalue weighted by atomic mass is 127. The monoisotopic (exact) mass is 651 g/mol. The van der Waals surface area contributed by atoms with E-state index in [9.17, 15) is 14.9 Å². The minimum absolute atomic E-state index is 0.109. The number of nitro benzene ring substituents is 1. The first-order valence-corrected chi connectivity index (χ1v) is 9.25. The lowest BCUT2D eigenvalue weighted by Gasteiger charge is -2.12. The van der Waals surface area contributed by atoms with Crippen LogP contribution in [0.3, 0.4) is 0 Å². The number of halogens is 3. The molecular formula is C14H8I3NO5. The molecule has 0 radical (unpaired) electrons. The Morgan fingerprint density at radius 2 is 1.61 bits per heavy atom. The smallest absolute Gasteiger partial charge is 0.313 e. The van der Waals surface area contributed by atoms with Crippen molar-refractivity contribution >= 4 is 79.7 Å². The molecular weight excluding hydrogens is 643 g/mol. The highest BCUT2D eigenvalue weighted by molar-refractivity contribution is 14.1. The van der Waals surface area contributed by atoms with Crippen LogP contribution in [-0.4, -0.2) is 18.3 Å². The van der Waals surface area contributed by atoms with Crippen molar-refractivity contribution in [3.05, 3.63) is 50.7 Å². The summed E-state index contributed by atoms with van der Waals surface area (Å²) in [6.07, 6.45) is 0.568. The van der Waals surface area contributed by atoms with Gasteiger partial charge >= 0.3 is 5.69 Å². The molecule has 0 N–H and O–H groups in total. The van der Waals surface area contributed by atoms with Crippen LogP contribution in [0, 0.1) is 20.8 Å². The molecule has 0 aliphatic heterocycles. The van der Waals surface area contributed by atoms with E-state index in [0.29, 0.717) is 15.6 Å². The van der Waals surface area contributed by atoms with Gasteiger partial charge in [0, 0.05) is 11.6 Å². The van der Waals surface area contributed by atoms with Crippen LogP contribution in [0.15, 0.2) is 24.3 Å². The average Bonchev–Trinajstić information content (AvgIpc) is 2.48. The maximum atomic E-state index is 11.2. The molecule has 0 aromatic heterocycles. The molecule has 0 amide bonds. The lowest BCUT2D eigenvalue weighted by molar-refractivity contribution is -0.385. The summed E-state index contributed by atoms with van der Waals surface area (Å²) in [4.78, 5) is 21.6. The quantitative estimate of drug-likeness (QED) is 0.197. The minimum Gasteiger partial charge on any atom is -0.495 e. The van der Waals surface area contributed by atoms with Gasteiger partial charge in [0.1, 0.15) is 17.8 Å². The molecule has 0 heterocycles. The number of hydrogen-bond donors (Lipinski definition) is 0. The van der Waals surface area contributed by atoms with E-state index >= 15 is 0 Å². The number of benzene rings is 2. The van der Waals surface area contributed by atoms with Gasteiger partial charge in [-0.15, -0.1) is 0 Å². The van der Waals surface area contributed by atoms with E-state index in [0.717, 1.165) is 12.9 Å². The van der Waals surface area contributed by atoms with E-state index in [1.165, 1.54) is 12.1 Å². The SMILES string of the molecule is COc1c(I)cc(Oc2c(I)cc(C=O)cc2[N+](=O)[O-])cc1I. The van der Waals surface area contributed by atoms with Crippen LogP contribution in [0.4, 0.5) is 5.69 Å². The molecule has 6 nitrogen and oxygen atoms in total. The van der Waals surface area contributed by atoms with Crippen molar-refractivity contribution < 1.29 is 19.2 Å². The zero-order valence-electron chi connectivity index (χ0n) is 11.5. The Kier molecular flexibility index (Phi) is 6.41. The largest absolute Gasteiger partial charge is 0.495 e. The van der Waals surface area contributed by atoms with Gasteiger partial charge < -0.3 is 9.47 Å². The van der Waals surface area contributed by atoms with Crippen LogP contribution in [-0.2, 0) is 0 Å². The molecule has 0 saturated carbocycles. The van der Waals surface area contributed by atoms with Gasteiger partial charge in [-0.3, -0.25) is 14.9 Å². The second kappa shape index (κ2) is 7.92. The highest BCUT2D eigenvalue weighted by Gasteiger charge is 2.22. The number of ether oxygens (including phenoxy) is 2. The second-order valence-electron chi connectivity index (χ2n) is 4.25. The molecule has 120 valence electrons. The van der Waals surface area contributed by atoms with Crippen LogP contribution in [0.2, 0.25) is 0 Å². The van der Waals surface area contributed by atoms with Crippen LogP contribution in [0.1, 0.15) is 10.4 Å². The second-order valence-corrected chi connectivity index (χ2v) is 7.73. The predicted molar refractivity (Wildman–Crippen MR) is 110 cm³/mol. The van der Waals surface area contributed by atoms with Crippen molar-refractivity contribution in [3.63, 3.8) is 0 Å². The fourth-order valence-electron chi connectivity index (χ4n) is 1.81. The van der Waals surface area contributed by atoms with E-state index < -0.39 is 4.92 Å². The fraction of sp³-hybridized carbons (Fsp3) is 0.0714. The molecule has 0 fully saturated rings. The number of methoxy groups -OCH3 is 1. The number of rotatable bonds is 5. The van der Waals surface area contributed by atoms with Gasteiger partial charge in [0.05, 0.1) is 22.7 Å². The molecule has 0 aliphatic carbocycles. The molecule has 2 aromatic rings. The Morgan fingerprint density at radius 3 is 2.09 bits per heavy atom. The van der Waals surface area contributed by atoms with Gasteiger partial charge in [-0.05, 0) is 86.0 Å². The standard InChI is InChI=1S/C14H8I3NO5/c1-22-13-10(16)4-8(5-11(13)17)23-14-9(15)2-7(6-19)3-12(14)18(20)21/h2-6H,1H3. The summed E-state index contributed by atoms with van der Waals surface area (Å²) in [7, 11) is 1.58. The van der Waals surface area contributed by atoms with Gasteiger partial charge in [-0.1, -0.05) is 0 Å².